The first kappa shape index (κ1) is 14.1. The molecule has 1 fully saturated rings. The molecule has 2 unspecified atom stereocenters. The molecule has 0 aliphatic carbocycles. The summed E-state index contributed by atoms with van der Waals surface area (Å²) in [6, 6.07) is 1.84. The first-order chi connectivity index (χ1) is 9.65. The van der Waals surface area contributed by atoms with Crippen LogP contribution in [0.1, 0.15) is 31.0 Å². The lowest BCUT2D eigenvalue weighted by Crippen LogP contribution is -2.10. The zero-order valence-electron chi connectivity index (χ0n) is 11.4. The molecule has 1 aliphatic heterocycles. The monoisotopic (exact) mass is 313 g/mol. The molecule has 0 bridgehead atoms. The molecule has 0 radical (unpaired) electrons. The van der Waals surface area contributed by atoms with Gasteiger partial charge in [-0.15, -0.1) is 11.6 Å². The van der Waals surface area contributed by atoms with Crippen LogP contribution in [-0.2, 0) is 11.3 Å². The normalized spacial score (nSPS) is 20.6. The highest BCUT2D eigenvalue weighted by molar-refractivity contribution is 6.31. The van der Waals surface area contributed by atoms with Gasteiger partial charge in [0.25, 0.3) is 0 Å². The average Bonchev–Trinajstić information content (AvgIpc) is 3.02. The van der Waals surface area contributed by atoms with Crippen LogP contribution in [0.3, 0.4) is 0 Å². The molecular formula is C14H17Cl2N3O. The van der Waals surface area contributed by atoms with Gasteiger partial charge in [0.05, 0.1) is 10.4 Å². The molecule has 0 spiro atoms. The zero-order chi connectivity index (χ0) is 14.1. The van der Waals surface area contributed by atoms with Crippen molar-refractivity contribution in [1.82, 2.24) is 14.5 Å². The lowest BCUT2D eigenvalue weighted by Gasteiger charge is -2.12. The minimum atomic E-state index is -0.150. The number of hydrogen-bond acceptors (Lipinski definition) is 3. The third-order valence-corrected chi connectivity index (χ3v) is 4.12. The highest BCUT2D eigenvalue weighted by Crippen LogP contribution is 2.26. The number of nitrogens with zero attached hydrogens (tertiary/aromatic N) is 3. The fourth-order valence-electron chi connectivity index (χ4n) is 2.65. The van der Waals surface area contributed by atoms with Crippen LogP contribution in [0, 0.1) is 5.92 Å². The Hall–Kier alpha value is -0.840. The minimum absolute atomic E-state index is 0.150. The van der Waals surface area contributed by atoms with Gasteiger partial charge in [0.1, 0.15) is 11.3 Å². The second-order valence-corrected chi connectivity index (χ2v) is 6.34. The first-order valence-electron chi connectivity index (χ1n) is 6.88. The predicted molar refractivity (Wildman–Crippen MR) is 80.3 cm³/mol. The molecule has 6 heteroatoms. The molecule has 2 aromatic rings. The third-order valence-electron chi connectivity index (χ3n) is 3.72. The molecule has 20 heavy (non-hydrogen) atoms. The number of hydrogen-bond donors (Lipinski definition) is 0. The summed E-state index contributed by atoms with van der Waals surface area (Å²) in [4.78, 5) is 8.98. The van der Waals surface area contributed by atoms with E-state index < -0.39 is 0 Å². The molecule has 0 N–H and O–H groups in total. The molecule has 0 aromatic carbocycles. The Kier molecular flexibility index (Phi) is 4.15. The van der Waals surface area contributed by atoms with Crippen LogP contribution in [0.25, 0.3) is 11.2 Å². The Labute approximate surface area is 128 Å². The van der Waals surface area contributed by atoms with Crippen LogP contribution in [-0.4, -0.2) is 27.7 Å². The molecule has 4 nitrogen and oxygen atoms in total. The standard InChI is InChI=1S/C14H17Cl2N3O/c1-9(15)13-18-12-6-11(16)7-17-14(12)19(13)4-2-10-3-5-20-8-10/h6-7,9-10H,2-5,8H2,1H3. The summed E-state index contributed by atoms with van der Waals surface area (Å²) < 4.78 is 7.54. The fraction of sp³-hybridized carbons (Fsp3) is 0.571. The van der Waals surface area contributed by atoms with Gasteiger partial charge in [-0.3, -0.25) is 0 Å². The van der Waals surface area contributed by atoms with Crippen LogP contribution in [0.4, 0.5) is 0 Å². The van der Waals surface area contributed by atoms with Crippen molar-refractivity contribution in [2.24, 2.45) is 5.92 Å². The highest BCUT2D eigenvalue weighted by Gasteiger charge is 2.19. The summed E-state index contributed by atoms with van der Waals surface area (Å²) in [6.45, 7) is 4.53. The maximum Gasteiger partial charge on any atom is 0.160 e. The average molecular weight is 314 g/mol. The molecular weight excluding hydrogens is 297 g/mol. The number of halogens is 2. The number of imidazole rings is 1. The number of pyridine rings is 1. The predicted octanol–water partition coefficient (Wildman–Crippen LogP) is 3.81. The minimum Gasteiger partial charge on any atom is -0.381 e. The van der Waals surface area contributed by atoms with Crippen molar-refractivity contribution in [2.45, 2.75) is 31.7 Å². The number of aromatic nitrogens is 3. The first-order valence-corrected chi connectivity index (χ1v) is 7.70. The van der Waals surface area contributed by atoms with E-state index in [0.29, 0.717) is 10.9 Å². The van der Waals surface area contributed by atoms with Crippen molar-refractivity contribution >= 4 is 34.4 Å². The number of rotatable bonds is 4. The number of fused-ring (bicyclic) bond motifs is 1. The summed E-state index contributed by atoms with van der Waals surface area (Å²) in [7, 11) is 0. The van der Waals surface area contributed by atoms with E-state index >= 15 is 0 Å². The van der Waals surface area contributed by atoms with E-state index in [1.54, 1.807) is 6.20 Å². The topological polar surface area (TPSA) is 39.9 Å². The maximum atomic E-state index is 6.25. The number of alkyl halides is 1. The zero-order valence-corrected chi connectivity index (χ0v) is 12.9. The molecule has 3 rings (SSSR count). The van der Waals surface area contributed by atoms with E-state index in [9.17, 15) is 0 Å². The lowest BCUT2D eigenvalue weighted by molar-refractivity contribution is 0.183. The van der Waals surface area contributed by atoms with E-state index in [0.717, 1.165) is 49.6 Å². The van der Waals surface area contributed by atoms with Crippen LogP contribution in [0.2, 0.25) is 5.02 Å². The maximum absolute atomic E-state index is 6.25. The summed E-state index contributed by atoms with van der Waals surface area (Å²) in [5, 5.41) is 0.447. The Bertz CT molecular complexity index is 606. The van der Waals surface area contributed by atoms with E-state index in [1.807, 2.05) is 13.0 Å². The van der Waals surface area contributed by atoms with Gasteiger partial charge in [-0.05, 0) is 31.7 Å². The largest absolute Gasteiger partial charge is 0.381 e. The molecule has 1 aliphatic rings. The van der Waals surface area contributed by atoms with E-state index in [1.165, 1.54) is 0 Å². The van der Waals surface area contributed by atoms with Crippen molar-refractivity contribution in [1.29, 1.82) is 0 Å². The molecule has 1 saturated heterocycles. The van der Waals surface area contributed by atoms with Crippen molar-refractivity contribution < 1.29 is 4.74 Å². The van der Waals surface area contributed by atoms with Crippen LogP contribution < -0.4 is 0 Å². The molecule has 0 amide bonds. The number of ether oxygens (including phenoxy) is 1. The third kappa shape index (κ3) is 2.78. The molecule has 3 heterocycles. The number of aryl methyl sites for hydroxylation is 1. The summed E-state index contributed by atoms with van der Waals surface area (Å²) in [5.74, 6) is 1.48. The summed E-state index contributed by atoms with van der Waals surface area (Å²) in [6.07, 6.45) is 3.85. The van der Waals surface area contributed by atoms with Gasteiger partial charge >= 0.3 is 0 Å². The van der Waals surface area contributed by atoms with Crippen molar-refractivity contribution in [2.75, 3.05) is 13.2 Å². The Morgan fingerprint density at radius 1 is 1.55 bits per heavy atom. The van der Waals surface area contributed by atoms with Crippen molar-refractivity contribution in [3.63, 3.8) is 0 Å². The molecule has 0 saturated carbocycles. The van der Waals surface area contributed by atoms with Crippen LogP contribution in [0.5, 0.6) is 0 Å². The Morgan fingerprint density at radius 2 is 2.40 bits per heavy atom. The van der Waals surface area contributed by atoms with Gasteiger partial charge in [0, 0.05) is 26.0 Å². The van der Waals surface area contributed by atoms with E-state index in [2.05, 4.69) is 14.5 Å². The molecule has 108 valence electrons. The second kappa shape index (κ2) is 5.88. The van der Waals surface area contributed by atoms with Gasteiger partial charge in [-0.2, -0.15) is 0 Å². The van der Waals surface area contributed by atoms with E-state index in [-0.39, 0.29) is 5.38 Å². The summed E-state index contributed by atoms with van der Waals surface area (Å²) >= 11 is 12.2. The van der Waals surface area contributed by atoms with Gasteiger partial charge in [-0.25, -0.2) is 9.97 Å². The fourth-order valence-corrected chi connectivity index (χ4v) is 2.97. The Balaban J connectivity index is 1.91. The van der Waals surface area contributed by atoms with Crippen molar-refractivity contribution in [3.05, 3.63) is 23.1 Å². The van der Waals surface area contributed by atoms with Gasteiger partial charge in [-0.1, -0.05) is 11.6 Å². The highest BCUT2D eigenvalue weighted by atomic mass is 35.5. The van der Waals surface area contributed by atoms with Gasteiger partial charge in [0.2, 0.25) is 0 Å². The smallest absolute Gasteiger partial charge is 0.160 e. The SMILES string of the molecule is CC(Cl)c1nc2cc(Cl)cnc2n1CCC1CCOC1. The quantitative estimate of drug-likeness (QED) is 0.806. The summed E-state index contributed by atoms with van der Waals surface area (Å²) in [5.41, 5.74) is 1.67. The van der Waals surface area contributed by atoms with Crippen molar-refractivity contribution in [3.8, 4) is 0 Å². The molecule has 2 aromatic heterocycles. The Morgan fingerprint density at radius 3 is 3.10 bits per heavy atom. The van der Waals surface area contributed by atoms with E-state index in [4.69, 9.17) is 27.9 Å². The lowest BCUT2D eigenvalue weighted by atomic mass is 10.1. The van der Waals surface area contributed by atoms with Gasteiger partial charge in [0.15, 0.2) is 5.65 Å². The van der Waals surface area contributed by atoms with Gasteiger partial charge < -0.3 is 9.30 Å². The van der Waals surface area contributed by atoms with Crippen LogP contribution in [0.15, 0.2) is 12.3 Å². The van der Waals surface area contributed by atoms with Crippen LogP contribution >= 0.6 is 23.2 Å². The molecule has 2 atom stereocenters. The second-order valence-electron chi connectivity index (χ2n) is 5.25.